The number of aliphatic hydroxyl groups excluding tert-OH is 1. The lowest BCUT2D eigenvalue weighted by atomic mass is 10.0. The Morgan fingerprint density at radius 1 is 0.829 bits per heavy atom. The zero-order chi connectivity index (χ0) is 29.9. The molecule has 218 valence electrons. The quantitative estimate of drug-likeness (QED) is 0.107. The predicted molar refractivity (Wildman–Crippen MR) is 146 cm³/mol. The highest BCUT2D eigenvalue weighted by Gasteiger charge is 2.30. The minimum atomic E-state index is -1.52. The maximum atomic E-state index is 13.2. The molecule has 0 saturated carbocycles. The Kier molecular flexibility index (Phi) is 10.8. The van der Waals surface area contributed by atoms with Crippen molar-refractivity contribution in [2.45, 2.75) is 31.0 Å². The van der Waals surface area contributed by atoms with E-state index in [9.17, 15) is 34.2 Å². The Labute approximate surface area is 234 Å². The van der Waals surface area contributed by atoms with Crippen molar-refractivity contribution in [2.75, 3.05) is 19.7 Å². The number of nitrogens with two attached hydrogens (primary N) is 1. The fourth-order valence-corrected chi connectivity index (χ4v) is 4.08. The van der Waals surface area contributed by atoms with Crippen molar-refractivity contribution in [2.24, 2.45) is 5.73 Å². The third kappa shape index (κ3) is 8.78. The maximum absolute atomic E-state index is 13.2. The first-order chi connectivity index (χ1) is 19.6. The number of aliphatic carboxylic acids is 1. The third-order valence-corrected chi connectivity index (χ3v) is 6.17. The number of hydrogen-bond donors (Lipinski definition) is 9. The molecule has 3 aromatic rings. The highest BCUT2D eigenvalue weighted by atomic mass is 16.4. The van der Waals surface area contributed by atoms with E-state index in [1.165, 1.54) is 24.3 Å². The molecule has 4 amide bonds. The molecule has 2 aromatic carbocycles. The monoisotopic (exact) mass is 568 g/mol. The Morgan fingerprint density at radius 2 is 1.46 bits per heavy atom. The van der Waals surface area contributed by atoms with E-state index >= 15 is 0 Å². The molecule has 0 bridgehead atoms. The molecule has 14 nitrogen and oxygen atoms in total. The van der Waals surface area contributed by atoms with Crippen LogP contribution in [0.1, 0.15) is 11.1 Å². The molecule has 14 heteroatoms. The van der Waals surface area contributed by atoms with Crippen molar-refractivity contribution in [1.29, 1.82) is 0 Å². The zero-order valence-corrected chi connectivity index (χ0v) is 21.9. The number of nitrogens with one attached hydrogen (secondary N) is 5. The number of carboxylic acids is 1. The minimum absolute atomic E-state index is 0.0170. The van der Waals surface area contributed by atoms with Gasteiger partial charge in [0.15, 0.2) is 0 Å². The van der Waals surface area contributed by atoms with Crippen molar-refractivity contribution in [1.82, 2.24) is 26.3 Å². The molecule has 0 fully saturated rings. The van der Waals surface area contributed by atoms with Crippen molar-refractivity contribution in [3.05, 3.63) is 65.9 Å². The normalized spacial score (nSPS) is 13.0. The standard InChI is InChI=1S/C27H32N6O8/c28-11-23(36)31-21(10-16-12-29-19-4-2-1-3-18(16)19)26(40)33-22(14-34)27(41)32-20(25(39)30-13-24(37)38)9-15-5-7-17(35)8-6-15/h1-8,12,20-22,29,34-35H,9-11,13-14,28H2,(H,30,39)(H,31,36)(H,32,41)(H,33,40)(H,37,38)/t20-,21-,22-/m0/s1. The van der Waals surface area contributed by atoms with Crippen LogP contribution < -0.4 is 27.0 Å². The third-order valence-electron chi connectivity index (χ3n) is 6.17. The van der Waals surface area contributed by atoms with Gasteiger partial charge >= 0.3 is 5.97 Å². The number of para-hydroxylation sites is 1. The van der Waals surface area contributed by atoms with Gasteiger partial charge in [-0.2, -0.15) is 0 Å². The summed E-state index contributed by atoms with van der Waals surface area (Å²) in [5.41, 5.74) is 7.48. The van der Waals surface area contributed by atoms with Gasteiger partial charge in [-0.05, 0) is 29.3 Å². The average Bonchev–Trinajstić information content (AvgIpc) is 3.37. The number of amides is 4. The summed E-state index contributed by atoms with van der Waals surface area (Å²) in [7, 11) is 0. The fraction of sp³-hybridized carbons (Fsp3) is 0.296. The number of benzene rings is 2. The van der Waals surface area contributed by atoms with Gasteiger partial charge in [0.25, 0.3) is 0 Å². The number of aromatic amines is 1. The second-order valence-corrected chi connectivity index (χ2v) is 9.17. The number of phenols is 1. The van der Waals surface area contributed by atoms with Gasteiger partial charge in [0.1, 0.15) is 30.4 Å². The van der Waals surface area contributed by atoms with Gasteiger partial charge in [-0.1, -0.05) is 30.3 Å². The molecule has 3 atom stereocenters. The van der Waals surface area contributed by atoms with Crippen LogP contribution >= 0.6 is 0 Å². The number of aliphatic hydroxyl groups is 1. The van der Waals surface area contributed by atoms with Gasteiger partial charge in [0, 0.05) is 29.9 Å². The topological polar surface area (TPSA) is 236 Å². The first-order valence-corrected chi connectivity index (χ1v) is 12.6. The average molecular weight is 569 g/mol. The fourth-order valence-electron chi connectivity index (χ4n) is 4.08. The van der Waals surface area contributed by atoms with E-state index in [4.69, 9.17) is 10.8 Å². The molecule has 10 N–H and O–H groups in total. The molecule has 3 rings (SSSR count). The molecular formula is C27H32N6O8. The number of phenolic OH excluding ortho intramolecular Hbond substituents is 1. The highest BCUT2D eigenvalue weighted by molar-refractivity contribution is 5.95. The lowest BCUT2D eigenvalue weighted by Crippen LogP contribution is -2.59. The number of H-pyrrole nitrogens is 1. The van der Waals surface area contributed by atoms with Crippen LogP contribution in [-0.4, -0.2) is 87.7 Å². The zero-order valence-electron chi connectivity index (χ0n) is 21.9. The van der Waals surface area contributed by atoms with Gasteiger partial charge < -0.3 is 47.3 Å². The molecule has 1 heterocycles. The molecule has 0 aliphatic carbocycles. The minimum Gasteiger partial charge on any atom is -0.508 e. The molecule has 0 spiro atoms. The van der Waals surface area contributed by atoms with Gasteiger partial charge in [0.05, 0.1) is 13.2 Å². The van der Waals surface area contributed by atoms with E-state index in [0.717, 1.165) is 10.9 Å². The number of hydrogen-bond acceptors (Lipinski definition) is 8. The van der Waals surface area contributed by atoms with Crippen LogP contribution in [0.4, 0.5) is 0 Å². The molecule has 0 saturated heterocycles. The van der Waals surface area contributed by atoms with Crippen molar-refractivity contribution in [3.63, 3.8) is 0 Å². The first kappa shape index (κ1) is 30.6. The summed E-state index contributed by atoms with van der Waals surface area (Å²) < 4.78 is 0. The predicted octanol–water partition coefficient (Wildman–Crippen LogP) is -1.74. The Hall–Kier alpha value is -4.95. The van der Waals surface area contributed by atoms with E-state index in [-0.39, 0.29) is 25.1 Å². The maximum Gasteiger partial charge on any atom is 0.322 e. The highest BCUT2D eigenvalue weighted by Crippen LogP contribution is 2.19. The molecule has 0 aliphatic rings. The molecule has 0 radical (unpaired) electrons. The summed E-state index contributed by atoms with van der Waals surface area (Å²) in [6, 6.07) is 9.18. The largest absolute Gasteiger partial charge is 0.508 e. The van der Waals surface area contributed by atoms with E-state index in [2.05, 4.69) is 26.3 Å². The number of carboxylic acid groups (broad SMARTS) is 1. The van der Waals surface area contributed by atoms with Crippen LogP contribution in [0.25, 0.3) is 10.9 Å². The summed E-state index contributed by atoms with van der Waals surface area (Å²) in [4.78, 5) is 65.0. The van der Waals surface area contributed by atoms with Gasteiger partial charge in [-0.25, -0.2) is 0 Å². The smallest absolute Gasteiger partial charge is 0.322 e. The summed E-state index contributed by atoms with van der Waals surface area (Å²) in [6.07, 6.45) is 1.65. The van der Waals surface area contributed by atoms with Crippen LogP contribution in [0.3, 0.4) is 0 Å². The van der Waals surface area contributed by atoms with Gasteiger partial charge in [0.2, 0.25) is 23.6 Å². The van der Waals surface area contributed by atoms with Crippen molar-refractivity contribution < 1.29 is 39.3 Å². The number of carbonyl (C=O) groups is 5. The van der Waals surface area contributed by atoms with Crippen molar-refractivity contribution >= 4 is 40.5 Å². The number of aromatic nitrogens is 1. The molecule has 41 heavy (non-hydrogen) atoms. The Morgan fingerprint density at radius 3 is 2.12 bits per heavy atom. The summed E-state index contributed by atoms with van der Waals surface area (Å²) in [5.74, 6) is -4.45. The number of aromatic hydroxyl groups is 1. The Balaban J connectivity index is 1.75. The molecule has 0 unspecified atom stereocenters. The van der Waals surface area contributed by atoms with E-state index in [0.29, 0.717) is 11.1 Å². The number of rotatable bonds is 14. The lowest BCUT2D eigenvalue weighted by molar-refractivity contribution is -0.138. The van der Waals surface area contributed by atoms with Crippen LogP contribution in [0.2, 0.25) is 0 Å². The van der Waals surface area contributed by atoms with Crippen LogP contribution in [-0.2, 0) is 36.8 Å². The molecular weight excluding hydrogens is 536 g/mol. The number of fused-ring (bicyclic) bond motifs is 1. The van der Waals surface area contributed by atoms with E-state index < -0.39 is 60.9 Å². The van der Waals surface area contributed by atoms with Crippen LogP contribution in [0, 0.1) is 0 Å². The Bertz CT molecular complexity index is 1390. The van der Waals surface area contributed by atoms with Crippen molar-refractivity contribution in [3.8, 4) is 5.75 Å². The summed E-state index contributed by atoms with van der Waals surface area (Å²) in [5, 5.41) is 38.7. The van der Waals surface area contributed by atoms with Gasteiger partial charge in [-0.15, -0.1) is 0 Å². The SMILES string of the molecule is NCC(=O)N[C@@H](Cc1c[nH]c2ccccc12)C(=O)N[C@@H](CO)C(=O)N[C@@H](Cc1ccc(O)cc1)C(=O)NCC(=O)O. The number of carbonyl (C=O) groups excluding carboxylic acids is 4. The summed E-state index contributed by atoms with van der Waals surface area (Å²) in [6.45, 7) is -1.92. The second-order valence-electron chi connectivity index (χ2n) is 9.17. The van der Waals surface area contributed by atoms with E-state index in [1.807, 2.05) is 24.3 Å². The first-order valence-electron chi connectivity index (χ1n) is 12.6. The van der Waals surface area contributed by atoms with Crippen LogP contribution in [0.15, 0.2) is 54.7 Å². The molecule has 0 aliphatic heterocycles. The van der Waals surface area contributed by atoms with Crippen LogP contribution in [0.5, 0.6) is 5.75 Å². The summed E-state index contributed by atoms with van der Waals surface area (Å²) >= 11 is 0. The second kappa shape index (κ2) is 14.4. The van der Waals surface area contributed by atoms with Gasteiger partial charge in [-0.3, -0.25) is 24.0 Å². The molecule has 1 aromatic heterocycles. The van der Waals surface area contributed by atoms with E-state index in [1.54, 1.807) is 6.20 Å². The lowest BCUT2D eigenvalue weighted by Gasteiger charge is -2.24.